The van der Waals surface area contributed by atoms with Gasteiger partial charge in [0, 0.05) is 42.8 Å². The van der Waals surface area contributed by atoms with Crippen LogP contribution in [0.2, 0.25) is 5.02 Å². The molecule has 0 spiro atoms. The lowest BCUT2D eigenvalue weighted by molar-refractivity contribution is 0.482. The second-order valence-corrected chi connectivity index (χ2v) is 7.84. The molecule has 0 radical (unpaired) electrons. The Hall–Kier alpha value is -3.09. The molecule has 1 aliphatic rings. The van der Waals surface area contributed by atoms with Crippen LogP contribution in [-0.2, 0) is 7.05 Å². The van der Waals surface area contributed by atoms with Crippen LogP contribution in [0.3, 0.4) is 0 Å². The smallest absolute Gasteiger partial charge is 0.211 e. The third kappa shape index (κ3) is 3.60. The van der Waals surface area contributed by atoms with E-state index in [1.807, 2.05) is 36.4 Å². The van der Waals surface area contributed by atoms with Gasteiger partial charge in [-0.25, -0.2) is 4.98 Å². The van der Waals surface area contributed by atoms with Gasteiger partial charge in [0.1, 0.15) is 11.5 Å². The van der Waals surface area contributed by atoms with E-state index in [0.717, 1.165) is 58.7 Å². The minimum absolute atomic E-state index is 0.328. The summed E-state index contributed by atoms with van der Waals surface area (Å²) in [7, 11) is 2.05. The Balaban J connectivity index is 1.55. The molecule has 1 aliphatic heterocycles. The molecule has 4 aromatic rings. The van der Waals surface area contributed by atoms with E-state index in [2.05, 4.69) is 45.0 Å². The van der Waals surface area contributed by atoms with Gasteiger partial charge in [-0.2, -0.15) is 0 Å². The monoisotopic (exact) mass is 419 g/mol. The molecule has 3 heterocycles. The van der Waals surface area contributed by atoms with Gasteiger partial charge in [-0.1, -0.05) is 11.6 Å². The second kappa shape index (κ2) is 7.97. The highest BCUT2D eigenvalue weighted by atomic mass is 35.5. The summed E-state index contributed by atoms with van der Waals surface area (Å²) in [5, 5.41) is 4.19. The fourth-order valence-electron chi connectivity index (χ4n) is 3.94. The standard InChI is InChI=1S/C23H22ClN5O/c1-28-22-7-6-20(30-19-9-12-25-13-10-19)14-21(22)27-23(28)29(18-8-11-26-15-18)17-4-2-16(24)3-5-17/h2-7,9-10,12-14,18,26H,8,11,15H2,1H3/t18-/m1/s1. The first kappa shape index (κ1) is 18.9. The van der Waals surface area contributed by atoms with Crippen molar-refractivity contribution in [1.82, 2.24) is 19.9 Å². The minimum atomic E-state index is 0.328. The molecule has 1 N–H and O–H groups in total. The Labute approximate surface area is 180 Å². The molecule has 30 heavy (non-hydrogen) atoms. The molecule has 5 rings (SSSR count). The fraction of sp³-hybridized carbons (Fsp3) is 0.217. The van der Waals surface area contributed by atoms with Gasteiger partial charge in [-0.15, -0.1) is 0 Å². The number of anilines is 2. The molecule has 0 unspecified atom stereocenters. The van der Waals surface area contributed by atoms with E-state index < -0.39 is 0 Å². The molecule has 6 nitrogen and oxygen atoms in total. The van der Waals surface area contributed by atoms with Gasteiger partial charge in [0.15, 0.2) is 0 Å². The quantitative estimate of drug-likeness (QED) is 0.498. The van der Waals surface area contributed by atoms with Crippen LogP contribution in [0.4, 0.5) is 11.6 Å². The molecular formula is C23H22ClN5O. The fourth-order valence-corrected chi connectivity index (χ4v) is 4.07. The maximum absolute atomic E-state index is 6.13. The van der Waals surface area contributed by atoms with E-state index in [-0.39, 0.29) is 0 Å². The lowest BCUT2D eigenvalue weighted by Gasteiger charge is -2.29. The van der Waals surface area contributed by atoms with Crippen LogP contribution in [0.5, 0.6) is 11.5 Å². The number of hydrogen-bond acceptors (Lipinski definition) is 5. The summed E-state index contributed by atoms with van der Waals surface area (Å²) in [5.74, 6) is 2.40. The molecular weight excluding hydrogens is 398 g/mol. The molecule has 2 aromatic heterocycles. The van der Waals surface area contributed by atoms with E-state index in [1.165, 1.54) is 0 Å². The van der Waals surface area contributed by atoms with Gasteiger partial charge in [0.25, 0.3) is 0 Å². The number of nitrogens with one attached hydrogen (secondary N) is 1. The first-order valence-electron chi connectivity index (χ1n) is 9.99. The number of hydrogen-bond donors (Lipinski definition) is 1. The Morgan fingerprint density at radius 3 is 2.60 bits per heavy atom. The molecule has 152 valence electrons. The predicted molar refractivity (Wildman–Crippen MR) is 120 cm³/mol. The first-order chi connectivity index (χ1) is 14.7. The lowest BCUT2D eigenvalue weighted by Crippen LogP contribution is -2.34. The summed E-state index contributed by atoms with van der Waals surface area (Å²) >= 11 is 6.13. The van der Waals surface area contributed by atoms with E-state index in [9.17, 15) is 0 Å². The normalized spacial score (nSPS) is 16.1. The zero-order valence-electron chi connectivity index (χ0n) is 16.6. The number of aryl methyl sites for hydroxylation is 1. The largest absolute Gasteiger partial charge is 0.457 e. The van der Waals surface area contributed by atoms with Crippen LogP contribution < -0.4 is 15.0 Å². The summed E-state index contributed by atoms with van der Waals surface area (Å²) in [6.45, 7) is 1.92. The van der Waals surface area contributed by atoms with Crippen molar-refractivity contribution in [3.05, 3.63) is 72.0 Å². The Morgan fingerprint density at radius 1 is 1.07 bits per heavy atom. The molecule has 0 bridgehead atoms. The number of imidazole rings is 1. The topological polar surface area (TPSA) is 55.2 Å². The Morgan fingerprint density at radius 2 is 1.87 bits per heavy atom. The van der Waals surface area contributed by atoms with Crippen molar-refractivity contribution in [2.75, 3.05) is 18.0 Å². The van der Waals surface area contributed by atoms with Gasteiger partial charge in [0.05, 0.1) is 17.1 Å². The van der Waals surface area contributed by atoms with Crippen LogP contribution in [0, 0.1) is 0 Å². The zero-order chi connectivity index (χ0) is 20.5. The van der Waals surface area contributed by atoms with E-state index in [4.69, 9.17) is 21.3 Å². The van der Waals surface area contributed by atoms with Gasteiger partial charge >= 0.3 is 0 Å². The summed E-state index contributed by atoms with van der Waals surface area (Å²) in [5.41, 5.74) is 3.03. The van der Waals surface area contributed by atoms with E-state index >= 15 is 0 Å². The average Bonchev–Trinajstić information content (AvgIpc) is 3.40. The Bertz CT molecular complexity index is 1150. The highest BCUT2D eigenvalue weighted by molar-refractivity contribution is 6.30. The molecule has 1 atom stereocenters. The number of fused-ring (bicyclic) bond motifs is 1. The highest BCUT2D eigenvalue weighted by Gasteiger charge is 2.27. The highest BCUT2D eigenvalue weighted by Crippen LogP contribution is 2.34. The van der Waals surface area contributed by atoms with Crippen molar-refractivity contribution in [3.63, 3.8) is 0 Å². The van der Waals surface area contributed by atoms with E-state index in [0.29, 0.717) is 6.04 Å². The maximum atomic E-state index is 6.13. The number of halogens is 1. The van der Waals surface area contributed by atoms with Gasteiger partial charge in [-0.3, -0.25) is 4.98 Å². The number of pyridine rings is 1. The van der Waals surface area contributed by atoms with Crippen LogP contribution in [0.1, 0.15) is 6.42 Å². The number of aromatic nitrogens is 3. The minimum Gasteiger partial charge on any atom is -0.457 e. The first-order valence-corrected chi connectivity index (χ1v) is 10.4. The van der Waals surface area contributed by atoms with Crippen molar-refractivity contribution in [2.24, 2.45) is 7.05 Å². The number of rotatable bonds is 5. The van der Waals surface area contributed by atoms with Crippen molar-refractivity contribution in [1.29, 1.82) is 0 Å². The van der Waals surface area contributed by atoms with E-state index in [1.54, 1.807) is 12.4 Å². The molecule has 2 aromatic carbocycles. The number of nitrogens with zero attached hydrogens (tertiary/aromatic N) is 4. The molecule has 1 fully saturated rings. The van der Waals surface area contributed by atoms with Gasteiger partial charge < -0.3 is 19.5 Å². The third-order valence-electron chi connectivity index (χ3n) is 5.43. The molecule has 0 aliphatic carbocycles. The van der Waals surface area contributed by atoms with Crippen molar-refractivity contribution in [2.45, 2.75) is 12.5 Å². The maximum Gasteiger partial charge on any atom is 0.211 e. The molecule has 0 amide bonds. The van der Waals surface area contributed by atoms with Crippen LogP contribution in [0.15, 0.2) is 67.0 Å². The summed E-state index contributed by atoms with van der Waals surface area (Å²) < 4.78 is 8.10. The van der Waals surface area contributed by atoms with Crippen LogP contribution in [-0.4, -0.2) is 33.7 Å². The van der Waals surface area contributed by atoms with Gasteiger partial charge in [0.2, 0.25) is 5.95 Å². The second-order valence-electron chi connectivity index (χ2n) is 7.40. The molecule has 0 saturated carbocycles. The third-order valence-corrected chi connectivity index (χ3v) is 5.69. The molecule has 7 heteroatoms. The lowest BCUT2D eigenvalue weighted by atomic mass is 10.2. The average molecular weight is 420 g/mol. The zero-order valence-corrected chi connectivity index (χ0v) is 17.4. The van der Waals surface area contributed by atoms with Crippen molar-refractivity contribution < 1.29 is 4.74 Å². The summed E-state index contributed by atoms with van der Waals surface area (Å²) in [6, 6.07) is 18.0. The Kier molecular flexibility index (Phi) is 5.02. The summed E-state index contributed by atoms with van der Waals surface area (Å²) in [4.78, 5) is 11.3. The summed E-state index contributed by atoms with van der Waals surface area (Å²) in [6.07, 6.45) is 4.49. The van der Waals surface area contributed by atoms with Crippen molar-refractivity contribution >= 4 is 34.3 Å². The van der Waals surface area contributed by atoms with Crippen LogP contribution in [0.25, 0.3) is 11.0 Å². The van der Waals surface area contributed by atoms with Crippen molar-refractivity contribution in [3.8, 4) is 11.5 Å². The SMILES string of the molecule is Cn1c(N(c2ccc(Cl)cc2)[C@@H]2CCNC2)nc2cc(Oc3ccncc3)ccc21. The number of ether oxygens (including phenoxy) is 1. The predicted octanol–water partition coefficient (Wildman–Crippen LogP) is 4.91. The molecule has 1 saturated heterocycles. The van der Waals surface area contributed by atoms with Crippen LogP contribution >= 0.6 is 11.6 Å². The number of benzene rings is 2. The van der Waals surface area contributed by atoms with Gasteiger partial charge in [-0.05, 0) is 61.5 Å².